The molecule has 5 nitrogen and oxygen atoms in total. The maximum absolute atomic E-state index is 11.8. The van der Waals surface area contributed by atoms with Crippen LogP contribution in [0.15, 0.2) is 18.2 Å². The molecule has 2 aliphatic rings. The molecule has 1 aliphatic carbocycles. The summed E-state index contributed by atoms with van der Waals surface area (Å²) in [6.07, 6.45) is 3.44. The Kier molecular flexibility index (Phi) is 3.06. The molecule has 1 amide bonds. The topological polar surface area (TPSA) is 73.6 Å². The second-order valence-corrected chi connectivity index (χ2v) is 5.36. The number of nitrogens with two attached hydrogens (primary N) is 1. The van der Waals surface area contributed by atoms with Gasteiger partial charge in [0, 0.05) is 18.5 Å². The van der Waals surface area contributed by atoms with Gasteiger partial charge >= 0.3 is 0 Å². The summed E-state index contributed by atoms with van der Waals surface area (Å²) >= 11 is 0. The molecule has 1 fully saturated rings. The minimum atomic E-state index is -0.265. The Morgan fingerprint density at radius 3 is 2.84 bits per heavy atom. The first-order valence-electron chi connectivity index (χ1n) is 6.59. The van der Waals surface area contributed by atoms with Gasteiger partial charge in [0.25, 0.3) is 0 Å². The Hall–Kier alpha value is -1.75. The van der Waals surface area contributed by atoms with Crippen LogP contribution in [0.5, 0.6) is 11.5 Å². The number of hydrogen-bond acceptors (Lipinski definition) is 4. The van der Waals surface area contributed by atoms with E-state index in [1.807, 2.05) is 18.2 Å². The summed E-state index contributed by atoms with van der Waals surface area (Å²) < 4.78 is 10.5. The smallest absolute Gasteiger partial charge is 0.231 e. The normalized spacial score (nSPS) is 18.8. The highest BCUT2D eigenvalue weighted by Crippen LogP contribution is 2.33. The number of benzene rings is 1. The molecule has 0 radical (unpaired) electrons. The minimum Gasteiger partial charge on any atom is -0.454 e. The Morgan fingerprint density at radius 1 is 1.32 bits per heavy atom. The molecule has 0 unspecified atom stereocenters. The maximum Gasteiger partial charge on any atom is 0.231 e. The van der Waals surface area contributed by atoms with Gasteiger partial charge in [-0.3, -0.25) is 4.79 Å². The third kappa shape index (κ3) is 2.66. The van der Waals surface area contributed by atoms with Crippen LogP contribution in [0.1, 0.15) is 31.2 Å². The van der Waals surface area contributed by atoms with Crippen molar-refractivity contribution >= 4 is 5.91 Å². The quantitative estimate of drug-likeness (QED) is 0.858. The summed E-state index contributed by atoms with van der Waals surface area (Å²) in [7, 11) is 0. The van der Waals surface area contributed by atoms with Crippen LogP contribution < -0.4 is 20.5 Å². The third-order valence-electron chi connectivity index (χ3n) is 3.79. The van der Waals surface area contributed by atoms with Crippen molar-refractivity contribution in [1.29, 1.82) is 0 Å². The Bertz CT molecular complexity index is 497. The van der Waals surface area contributed by atoms with E-state index in [0.29, 0.717) is 13.0 Å². The van der Waals surface area contributed by atoms with Crippen molar-refractivity contribution in [3.05, 3.63) is 23.8 Å². The second kappa shape index (κ2) is 4.74. The van der Waals surface area contributed by atoms with E-state index >= 15 is 0 Å². The summed E-state index contributed by atoms with van der Waals surface area (Å²) in [4.78, 5) is 11.8. The van der Waals surface area contributed by atoms with Gasteiger partial charge in [-0.15, -0.1) is 0 Å². The van der Waals surface area contributed by atoms with E-state index in [1.165, 1.54) is 0 Å². The fourth-order valence-corrected chi connectivity index (χ4v) is 2.44. The average molecular weight is 262 g/mol. The lowest BCUT2D eigenvalue weighted by atomic mass is 9.75. The molecule has 0 saturated heterocycles. The van der Waals surface area contributed by atoms with Crippen LogP contribution in [0.25, 0.3) is 0 Å². The summed E-state index contributed by atoms with van der Waals surface area (Å²) in [5.41, 5.74) is 6.78. The molecule has 1 aliphatic heterocycles. The number of carbonyl (C=O) groups is 1. The lowest BCUT2D eigenvalue weighted by Gasteiger charge is -2.37. The van der Waals surface area contributed by atoms with E-state index in [0.717, 1.165) is 36.3 Å². The first-order chi connectivity index (χ1) is 9.15. The molecule has 5 heteroatoms. The van der Waals surface area contributed by atoms with Crippen molar-refractivity contribution in [1.82, 2.24) is 5.32 Å². The number of fused-ring (bicyclic) bond motifs is 1. The Morgan fingerprint density at radius 2 is 2.11 bits per heavy atom. The highest BCUT2D eigenvalue weighted by molar-refractivity contribution is 5.77. The van der Waals surface area contributed by atoms with Crippen LogP contribution in [0.4, 0.5) is 0 Å². The van der Waals surface area contributed by atoms with Crippen LogP contribution in [-0.4, -0.2) is 18.2 Å². The van der Waals surface area contributed by atoms with Gasteiger partial charge in [0.05, 0.1) is 0 Å². The number of hydrogen-bond donors (Lipinski definition) is 2. The van der Waals surface area contributed by atoms with Crippen LogP contribution in [0.3, 0.4) is 0 Å². The zero-order chi connectivity index (χ0) is 13.3. The molecule has 1 aromatic carbocycles. The number of rotatable bonds is 4. The van der Waals surface area contributed by atoms with Gasteiger partial charge in [-0.25, -0.2) is 0 Å². The zero-order valence-corrected chi connectivity index (χ0v) is 10.8. The molecule has 102 valence electrons. The van der Waals surface area contributed by atoms with Gasteiger partial charge in [0.1, 0.15) is 0 Å². The van der Waals surface area contributed by atoms with Gasteiger partial charge in [-0.05, 0) is 37.0 Å². The van der Waals surface area contributed by atoms with E-state index in [1.54, 1.807) is 0 Å². The molecular formula is C14H18N2O3. The molecule has 0 atom stereocenters. The Labute approximate surface area is 112 Å². The van der Waals surface area contributed by atoms with Crippen molar-refractivity contribution in [2.75, 3.05) is 6.79 Å². The molecule has 19 heavy (non-hydrogen) atoms. The summed E-state index contributed by atoms with van der Waals surface area (Å²) in [6, 6.07) is 5.68. The highest BCUT2D eigenvalue weighted by atomic mass is 16.7. The molecule has 1 saturated carbocycles. The number of amides is 1. The molecule has 0 bridgehead atoms. The van der Waals surface area contributed by atoms with Crippen molar-refractivity contribution < 1.29 is 14.3 Å². The Balaban J connectivity index is 1.53. The van der Waals surface area contributed by atoms with E-state index in [4.69, 9.17) is 15.2 Å². The average Bonchev–Trinajstić information content (AvgIpc) is 2.81. The number of ether oxygens (including phenoxy) is 2. The minimum absolute atomic E-state index is 0.0138. The first kappa shape index (κ1) is 12.3. The highest BCUT2D eigenvalue weighted by Gasteiger charge is 2.34. The SMILES string of the molecule is NC1(CC(=O)NCc2ccc3c(c2)OCO3)CCC1. The fraction of sp³-hybridized carbons (Fsp3) is 0.500. The summed E-state index contributed by atoms with van der Waals surface area (Å²) in [6.45, 7) is 0.756. The van der Waals surface area contributed by atoms with Gasteiger partial charge in [-0.2, -0.15) is 0 Å². The monoisotopic (exact) mass is 262 g/mol. The summed E-state index contributed by atoms with van der Waals surface area (Å²) in [5, 5.41) is 2.90. The third-order valence-corrected chi connectivity index (χ3v) is 3.79. The lowest BCUT2D eigenvalue weighted by Crippen LogP contribution is -2.49. The maximum atomic E-state index is 11.8. The lowest BCUT2D eigenvalue weighted by molar-refractivity contribution is -0.123. The van der Waals surface area contributed by atoms with Crippen LogP contribution >= 0.6 is 0 Å². The van der Waals surface area contributed by atoms with Crippen molar-refractivity contribution in [3.8, 4) is 11.5 Å². The van der Waals surface area contributed by atoms with Gasteiger partial charge in [-0.1, -0.05) is 6.07 Å². The van der Waals surface area contributed by atoms with E-state index in [9.17, 15) is 4.79 Å². The van der Waals surface area contributed by atoms with Gasteiger partial charge < -0.3 is 20.5 Å². The van der Waals surface area contributed by atoms with Crippen LogP contribution in [0.2, 0.25) is 0 Å². The van der Waals surface area contributed by atoms with Crippen LogP contribution in [-0.2, 0) is 11.3 Å². The van der Waals surface area contributed by atoms with Gasteiger partial charge in [0.2, 0.25) is 12.7 Å². The van der Waals surface area contributed by atoms with E-state index in [2.05, 4.69) is 5.32 Å². The van der Waals surface area contributed by atoms with Crippen LogP contribution in [0, 0.1) is 0 Å². The second-order valence-electron chi connectivity index (χ2n) is 5.36. The molecule has 3 N–H and O–H groups in total. The van der Waals surface area contributed by atoms with Crippen molar-refractivity contribution in [3.63, 3.8) is 0 Å². The number of nitrogens with one attached hydrogen (secondary N) is 1. The molecule has 0 spiro atoms. The zero-order valence-electron chi connectivity index (χ0n) is 10.8. The van der Waals surface area contributed by atoms with Gasteiger partial charge in [0.15, 0.2) is 11.5 Å². The predicted molar refractivity (Wildman–Crippen MR) is 69.8 cm³/mol. The number of carbonyl (C=O) groups excluding carboxylic acids is 1. The predicted octanol–water partition coefficient (Wildman–Crippen LogP) is 1.30. The van der Waals surface area contributed by atoms with Crippen molar-refractivity contribution in [2.45, 2.75) is 37.8 Å². The molecule has 1 aromatic rings. The largest absolute Gasteiger partial charge is 0.454 e. The summed E-state index contributed by atoms with van der Waals surface area (Å²) in [5.74, 6) is 1.51. The molecular weight excluding hydrogens is 244 g/mol. The van der Waals surface area contributed by atoms with Crippen molar-refractivity contribution in [2.24, 2.45) is 5.73 Å². The van der Waals surface area contributed by atoms with E-state index in [-0.39, 0.29) is 18.2 Å². The van der Waals surface area contributed by atoms with E-state index < -0.39 is 0 Å². The fourth-order valence-electron chi connectivity index (χ4n) is 2.44. The standard InChI is InChI=1S/C14H18N2O3/c15-14(4-1-5-14)7-13(17)16-8-10-2-3-11-12(6-10)19-9-18-11/h2-3,6H,1,4-5,7-9,15H2,(H,16,17). The molecule has 1 heterocycles. The first-order valence-corrected chi connectivity index (χ1v) is 6.59. The molecule has 3 rings (SSSR count). The molecule has 0 aromatic heterocycles.